The molecule has 23 heavy (non-hydrogen) atoms. The molecule has 0 saturated carbocycles. The maximum absolute atomic E-state index is 12.4. The summed E-state index contributed by atoms with van der Waals surface area (Å²) in [6.07, 6.45) is -0.489. The topological polar surface area (TPSA) is 49.8 Å². The van der Waals surface area contributed by atoms with Gasteiger partial charge in [-0.3, -0.25) is 4.79 Å². The van der Waals surface area contributed by atoms with Crippen molar-refractivity contribution < 1.29 is 14.6 Å². The van der Waals surface area contributed by atoms with Crippen LogP contribution in [-0.4, -0.2) is 42.2 Å². The summed E-state index contributed by atoms with van der Waals surface area (Å²) in [4.78, 5) is 14.3. The number of carbonyl (C=O) groups is 1. The van der Waals surface area contributed by atoms with Gasteiger partial charge >= 0.3 is 0 Å². The molecule has 4 nitrogen and oxygen atoms in total. The van der Waals surface area contributed by atoms with Crippen LogP contribution < -0.4 is 0 Å². The van der Waals surface area contributed by atoms with Crippen molar-refractivity contribution in [2.45, 2.75) is 13.0 Å². The molecule has 0 unspecified atom stereocenters. The molecular formula is C19H21NO3. The number of morpholine rings is 1. The molecule has 1 aliphatic rings. The predicted octanol–water partition coefficient (Wildman–Crippen LogP) is 2.88. The van der Waals surface area contributed by atoms with Crippen LogP contribution in [0.2, 0.25) is 0 Å². The molecule has 0 radical (unpaired) electrons. The molecule has 1 fully saturated rings. The molecule has 0 spiro atoms. The summed E-state index contributed by atoms with van der Waals surface area (Å²) in [6.45, 7) is 4.27. The fourth-order valence-corrected chi connectivity index (χ4v) is 2.73. The number of carbonyl (C=O) groups excluding carboxylic acids is 1. The fourth-order valence-electron chi connectivity index (χ4n) is 2.73. The monoisotopic (exact) mass is 311 g/mol. The van der Waals surface area contributed by atoms with E-state index >= 15 is 0 Å². The Hall–Kier alpha value is -2.17. The predicted molar refractivity (Wildman–Crippen MR) is 89.2 cm³/mol. The van der Waals surface area contributed by atoms with Crippen molar-refractivity contribution in [2.24, 2.45) is 0 Å². The molecule has 1 heterocycles. The summed E-state index contributed by atoms with van der Waals surface area (Å²) < 4.78 is 5.28. The van der Waals surface area contributed by atoms with Gasteiger partial charge in [-0.05, 0) is 41.8 Å². The highest BCUT2D eigenvalue weighted by Gasteiger charge is 2.18. The normalized spacial score (nSPS) is 16.2. The van der Waals surface area contributed by atoms with Gasteiger partial charge in [0.15, 0.2) is 0 Å². The lowest BCUT2D eigenvalue weighted by Gasteiger charge is -2.26. The number of aliphatic hydroxyl groups is 1. The summed E-state index contributed by atoms with van der Waals surface area (Å²) in [6, 6.07) is 15.5. The molecule has 0 aromatic heterocycles. The standard InChI is InChI=1S/C19H21NO3/c1-14(21)17-3-2-4-18(13-17)15-5-7-16(8-6-15)19(22)20-9-11-23-12-10-20/h2-8,13-14,21H,9-12H2,1H3/t14-/m1/s1. The van der Waals surface area contributed by atoms with Crippen LogP contribution in [-0.2, 0) is 4.74 Å². The Labute approximate surface area is 136 Å². The van der Waals surface area contributed by atoms with Crippen molar-refractivity contribution >= 4 is 5.91 Å². The molecular weight excluding hydrogens is 290 g/mol. The number of nitrogens with zero attached hydrogens (tertiary/aromatic N) is 1. The summed E-state index contributed by atoms with van der Waals surface area (Å²) in [5.74, 6) is 0.0533. The summed E-state index contributed by atoms with van der Waals surface area (Å²) in [5, 5.41) is 9.70. The van der Waals surface area contributed by atoms with Crippen molar-refractivity contribution in [2.75, 3.05) is 26.3 Å². The molecule has 4 heteroatoms. The Morgan fingerprint density at radius 3 is 2.43 bits per heavy atom. The number of ether oxygens (including phenoxy) is 1. The molecule has 2 aromatic carbocycles. The van der Waals surface area contributed by atoms with Crippen molar-refractivity contribution in [1.29, 1.82) is 0 Å². The average Bonchev–Trinajstić information content (AvgIpc) is 2.62. The van der Waals surface area contributed by atoms with Crippen LogP contribution in [0.4, 0.5) is 0 Å². The van der Waals surface area contributed by atoms with E-state index in [-0.39, 0.29) is 5.91 Å². The Bertz CT molecular complexity index is 673. The van der Waals surface area contributed by atoms with Crippen LogP contribution in [0.1, 0.15) is 28.9 Å². The van der Waals surface area contributed by atoms with Gasteiger partial charge in [0.05, 0.1) is 19.3 Å². The van der Waals surface area contributed by atoms with Gasteiger partial charge < -0.3 is 14.7 Å². The third-order valence-electron chi connectivity index (χ3n) is 4.13. The van der Waals surface area contributed by atoms with Crippen LogP contribution in [0.15, 0.2) is 48.5 Å². The Kier molecular flexibility index (Phi) is 4.74. The lowest BCUT2D eigenvalue weighted by atomic mass is 10.00. The van der Waals surface area contributed by atoms with Gasteiger partial charge in [-0.25, -0.2) is 0 Å². The minimum Gasteiger partial charge on any atom is -0.389 e. The first kappa shape index (κ1) is 15.7. The second-order valence-corrected chi connectivity index (χ2v) is 5.78. The molecule has 0 aliphatic carbocycles. The van der Waals surface area contributed by atoms with E-state index in [1.807, 2.05) is 53.4 Å². The van der Waals surface area contributed by atoms with Gasteiger partial charge in [0, 0.05) is 18.7 Å². The Balaban J connectivity index is 1.79. The molecule has 1 saturated heterocycles. The first-order valence-electron chi connectivity index (χ1n) is 7.90. The molecule has 0 bridgehead atoms. The maximum Gasteiger partial charge on any atom is 0.254 e. The number of rotatable bonds is 3. The third-order valence-corrected chi connectivity index (χ3v) is 4.13. The minimum atomic E-state index is -0.489. The van der Waals surface area contributed by atoms with E-state index in [2.05, 4.69) is 0 Å². The Morgan fingerprint density at radius 1 is 1.09 bits per heavy atom. The number of benzene rings is 2. The molecule has 1 aliphatic heterocycles. The van der Waals surface area contributed by atoms with E-state index in [4.69, 9.17) is 4.74 Å². The van der Waals surface area contributed by atoms with Gasteiger partial charge in [0.2, 0.25) is 0 Å². The average molecular weight is 311 g/mol. The molecule has 3 rings (SSSR count). The van der Waals surface area contributed by atoms with Gasteiger partial charge in [0.1, 0.15) is 0 Å². The smallest absolute Gasteiger partial charge is 0.254 e. The lowest BCUT2D eigenvalue weighted by Crippen LogP contribution is -2.40. The number of hydrogen-bond donors (Lipinski definition) is 1. The fraction of sp³-hybridized carbons (Fsp3) is 0.316. The highest BCUT2D eigenvalue weighted by atomic mass is 16.5. The van der Waals surface area contributed by atoms with E-state index in [9.17, 15) is 9.90 Å². The number of aliphatic hydroxyl groups excluding tert-OH is 1. The van der Waals surface area contributed by atoms with Crippen LogP contribution >= 0.6 is 0 Å². The van der Waals surface area contributed by atoms with Gasteiger partial charge in [-0.15, -0.1) is 0 Å². The van der Waals surface area contributed by atoms with Gasteiger partial charge in [-0.1, -0.05) is 30.3 Å². The molecule has 120 valence electrons. The zero-order valence-electron chi connectivity index (χ0n) is 13.2. The van der Waals surface area contributed by atoms with E-state index in [0.717, 1.165) is 16.7 Å². The molecule has 1 N–H and O–H groups in total. The second-order valence-electron chi connectivity index (χ2n) is 5.78. The van der Waals surface area contributed by atoms with Gasteiger partial charge in [-0.2, -0.15) is 0 Å². The summed E-state index contributed by atoms with van der Waals surface area (Å²) in [7, 11) is 0. The van der Waals surface area contributed by atoms with Crippen LogP contribution in [0.3, 0.4) is 0 Å². The lowest BCUT2D eigenvalue weighted by molar-refractivity contribution is 0.0303. The van der Waals surface area contributed by atoms with Crippen molar-refractivity contribution in [3.05, 3.63) is 59.7 Å². The van der Waals surface area contributed by atoms with Crippen molar-refractivity contribution in [1.82, 2.24) is 4.90 Å². The highest BCUT2D eigenvalue weighted by Crippen LogP contribution is 2.24. The van der Waals surface area contributed by atoms with Crippen LogP contribution in [0.5, 0.6) is 0 Å². The zero-order valence-corrected chi connectivity index (χ0v) is 13.2. The first-order chi connectivity index (χ1) is 11.1. The van der Waals surface area contributed by atoms with E-state index in [1.54, 1.807) is 6.92 Å². The van der Waals surface area contributed by atoms with Crippen LogP contribution in [0.25, 0.3) is 11.1 Å². The SMILES string of the molecule is C[C@@H](O)c1cccc(-c2ccc(C(=O)N3CCOCC3)cc2)c1. The van der Waals surface area contributed by atoms with Crippen LogP contribution in [0, 0.1) is 0 Å². The van der Waals surface area contributed by atoms with Crippen molar-refractivity contribution in [3.63, 3.8) is 0 Å². The number of hydrogen-bond acceptors (Lipinski definition) is 3. The highest BCUT2D eigenvalue weighted by molar-refractivity contribution is 5.94. The van der Waals surface area contributed by atoms with E-state index in [0.29, 0.717) is 31.9 Å². The maximum atomic E-state index is 12.4. The Morgan fingerprint density at radius 2 is 1.78 bits per heavy atom. The van der Waals surface area contributed by atoms with E-state index < -0.39 is 6.10 Å². The summed E-state index contributed by atoms with van der Waals surface area (Å²) >= 11 is 0. The third kappa shape index (κ3) is 3.60. The number of amides is 1. The zero-order chi connectivity index (χ0) is 16.2. The second kappa shape index (κ2) is 6.94. The first-order valence-corrected chi connectivity index (χ1v) is 7.90. The summed E-state index contributed by atoms with van der Waals surface area (Å²) in [5.41, 5.74) is 3.65. The quantitative estimate of drug-likeness (QED) is 0.948. The molecule has 1 amide bonds. The molecule has 2 aromatic rings. The van der Waals surface area contributed by atoms with Gasteiger partial charge in [0.25, 0.3) is 5.91 Å². The minimum absolute atomic E-state index is 0.0533. The molecule has 1 atom stereocenters. The largest absolute Gasteiger partial charge is 0.389 e. The van der Waals surface area contributed by atoms with E-state index in [1.165, 1.54) is 0 Å². The van der Waals surface area contributed by atoms with Crippen molar-refractivity contribution in [3.8, 4) is 11.1 Å².